The highest BCUT2D eigenvalue weighted by Gasteiger charge is 2.43. The molecule has 1 N–H and O–H groups in total. The molecule has 0 radical (unpaired) electrons. The Balaban J connectivity index is 2.44. The topological polar surface area (TPSA) is 66.8 Å². The molecule has 5 heteroatoms. The number of hydrogen-bond donors (Lipinski definition) is 1. The van der Waals surface area contributed by atoms with Gasteiger partial charge in [0, 0.05) is 20.1 Å². The maximum absolute atomic E-state index is 12.7. The molecule has 5 nitrogen and oxygen atoms in total. The molecule has 0 fully saturated rings. The van der Waals surface area contributed by atoms with Gasteiger partial charge in [0.2, 0.25) is 0 Å². The Morgan fingerprint density at radius 1 is 1.28 bits per heavy atom. The number of methoxy groups -OCH3 is 1. The lowest BCUT2D eigenvalue weighted by Crippen LogP contribution is -2.34. The third-order valence-corrected chi connectivity index (χ3v) is 4.44. The minimum atomic E-state index is -0.556. The summed E-state index contributed by atoms with van der Waals surface area (Å²) in [5.41, 5.74) is 2.22. The highest BCUT2D eigenvalue weighted by atomic mass is 16.5. The third kappa shape index (κ3) is 4.10. The fourth-order valence-corrected chi connectivity index (χ4v) is 3.12. The molecule has 25 heavy (non-hydrogen) atoms. The van der Waals surface area contributed by atoms with Crippen molar-refractivity contribution in [1.29, 1.82) is 0 Å². The Morgan fingerprint density at radius 2 is 1.92 bits per heavy atom. The van der Waals surface area contributed by atoms with Crippen molar-refractivity contribution < 1.29 is 19.4 Å². The number of rotatable bonds is 8. The van der Waals surface area contributed by atoms with Gasteiger partial charge in [-0.3, -0.25) is 9.59 Å². The molecule has 0 spiro atoms. The van der Waals surface area contributed by atoms with E-state index in [1.54, 1.807) is 7.11 Å². The highest BCUT2D eigenvalue weighted by Crippen LogP contribution is 2.38. The molecule has 0 saturated heterocycles. The number of nitrogens with zero attached hydrogens (tertiary/aromatic N) is 1. The van der Waals surface area contributed by atoms with Crippen LogP contribution in [0.1, 0.15) is 44.4 Å². The normalized spacial score (nSPS) is 17.7. The maximum atomic E-state index is 12.7. The summed E-state index contributed by atoms with van der Waals surface area (Å²) < 4.78 is 5.09. The van der Waals surface area contributed by atoms with Crippen LogP contribution in [0.3, 0.4) is 0 Å². The lowest BCUT2D eigenvalue weighted by Gasteiger charge is -2.27. The Hall–Kier alpha value is -2.14. The summed E-state index contributed by atoms with van der Waals surface area (Å²) in [6, 6.07) is 7.29. The minimum Gasteiger partial charge on any atom is -0.503 e. The number of carbonyl (C=O) groups excluding carboxylic acids is 2. The van der Waals surface area contributed by atoms with Crippen LogP contribution in [0, 0.1) is 5.92 Å². The van der Waals surface area contributed by atoms with Crippen LogP contribution in [0.5, 0.6) is 0 Å². The Kier molecular flexibility index (Phi) is 6.37. The summed E-state index contributed by atoms with van der Waals surface area (Å²) in [5, 5.41) is 10.4. The fraction of sp³-hybridized carbons (Fsp3) is 0.500. The first-order chi connectivity index (χ1) is 11.9. The number of amides is 1. The molecule has 0 saturated carbocycles. The minimum absolute atomic E-state index is 0.152. The van der Waals surface area contributed by atoms with E-state index in [0.29, 0.717) is 19.6 Å². The number of hydrogen-bond acceptors (Lipinski definition) is 4. The van der Waals surface area contributed by atoms with E-state index in [-0.39, 0.29) is 17.3 Å². The number of benzene rings is 1. The predicted molar refractivity (Wildman–Crippen MR) is 96.3 cm³/mol. The molecule has 1 atom stereocenters. The number of aliphatic hydroxyl groups is 1. The van der Waals surface area contributed by atoms with Crippen LogP contribution in [0.25, 0.3) is 0 Å². The summed E-state index contributed by atoms with van der Waals surface area (Å²) in [4.78, 5) is 26.8. The van der Waals surface area contributed by atoms with Gasteiger partial charge in [-0.25, -0.2) is 0 Å². The van der Waals surface area contributed by atoms with Crippen molar-refractivity contribution in [2.24, 2.45) is 5.92 Å². The van der Waals surface area contributed by atoms with E-state index in [0.717, 1.165) is 12.0 Å². The summed E-state index contributed by atoms with van der Waals surface area (Å²) in [6.45, 7) is 6.62. The van der Waals surface area contributed by atoms with Crippen LogP contribution >= 0.6 is 0 Å². The molecule has 0 aliphatic carbocycles. The fourth-order valence-electron chi connectivity index (χ4n) is 3.12. The molecule has 1 amide bonds. The van der Waals surface area contributed by atoms with Crippen LogP contribution < -0.4 is 0 Å². The van der Waals surface area contributed by atoms with Gasteiger partial charge in [-0.15, -0.1) is 0 Å². The predicted octanol–water partition coefficient (Wildman–Crippen LogP) is 3.21. The SMILES string of the molecule is CCc1ccc(C2C(C(=O)CC(C)C)=C(O)C(=O)N2CCOC)cc1. The van der Waals surface area contributed by atoms with E-state index < -0.39 is 17.7 Å². The third-order valence-electron chi connectivity index (χ3n) is 4.44. The average molecular weight is 345 g/mol. The lowest BCUT2D eigenvalue weighted by molar-refractivity contribution is -0.130. The second kappa shape index (κ2) is 8.30. The van der Waals surface area contributed by atoms with Gasteiger partial charge >= 0.3 is 0 Å². The second-order valence-corrected chi connectivity index (χ2v) is 6.77. The van der Waals surface area contributed by atoms with Gasteiger partial charge in [-0.2, -0.15) is 0 Å². The van der Waals surface area contributed by atoms with Gasteiger partial charge in [0.05, 0.1) is 18.2 Å². The quantitative estimate of drug-likeness (QED) is 0.786. The van der Waals surface area contributed by atoms with Crippen LogP contribution in [0.15, 0.2) is 35.6 Å². The molecule has 1 heterocycles. The Morgan fingerprint density at radius 3 is 2.44 bits per heavy atom. The first kappa shape index (κ1) is 19.2. The Labute approximate surface area is 149 Å². The summed E-state index contributed by atoms with van der Waals surface area (Å²) in [5.74, 6) is -0.954. The van der Waals surface area contributed by atoms with Gasteiger partial charge in [0.1, 0.15) is 0 Å². The molecule has 0 aromatic heterocycles. The molecule has 1 unspecified atom stereocenters. The summed E-state index contributed by atoms with van der Waals surface area (Å²) in [7, 11) is 1.56. The Bertz CT molecular complexity index is 661. The molecular weight excluding hydrogens is 318 g/mol. The van der Waals surface area contributed by atoms with Gasteiger partial charge < -0.3 is 14.7 Å². The zero-order valence-corrected chi connectivity index (χ0v) is 15.4. The van der Waals surface area contributed by atoms with Crippen molar-refractivity contribution >= 4 is 11.7 Å². The van der Waals surface area contributed by atoms with Crippen molar-refractivity contribution in [1.82, 2.24) is 4.90 Å². The van der Waals surface area contributed by atoms with E-state index in [4.69, 9.17) is 4.74 Å². The molecule has 1 aliphatic heterocycles. The smallest absolute Gasteiger partial charge is 0.290 e. The molecule has 1 aliphatic rings. The monoisotopic (exact) mass is 345 g/mol. The van der Waals surface area contributed by atoms with Gasteiger partial charge in [-0.05, 0) is 23.5 Å². The standard InChI is InChI=1S/C20H27NO4/c1-5-14-6-8-15(9-7-14)18-17(16(22)12-13(2)3)19(23)20(24)21(18)10-11-25-4/h6-9,13,18,23H,5,10-12H2,1-4H3. The molecule has 1 aromatic rings. The van der Waals surface area contributed by atoms with E-state index in [1.165, 1.54) is 10.5 Å². The van der Waals surface area contributed by atoms with Crippen LogP contribution in [-0.4, -0.2) is 42.0 Å². The van der Waals surface area contributed by atoms with Crippen LogP contribution in [-0.2, 0) is 20.7 Å². The first-order valence-corrected chi connectivity index (χ1v) is 8.75. The number of carbonyl (C=O) groups is 2. The lowest BCUT2D eigenvalue weighted by atomic mass is 9.91. The van der Waals surface area contributed by atoms with Crippen molar-refractivity contribution in [3.63, 3.8) is 0 Å². The van der Waals surface area contributed by atoms with Gasteiger partial charge in [0.15, 0.2) is 11.5 Å². The molecule has 1 aromatic carbocycles. The van der Waals surface area contributed by atoms with Crippen molar-refractivity contribution in [3.05, 3.63) is 46.7 Å². The van der Waals surface area contributed by atoms with Crippen molar-refractivity contribution in [2.45, 2.75) is 39.7 Å². The van der Waals surface area contributed by atoms with Crippen molar-refractivity contribution in [2.75, 3.05) is 20.3 Å². The molecule has 2 rings (SSSR count). The average Bonchev–Trinajstić information content (AvgIpc) is 2.84. The largest absolute Gasteiger partial charge is 0.503 e. The van der Waals surface area contributed by atoms with Gasteiger partial charge in [-0.1, -0.05) is 45.0 Å². The zero-order chi connectivity index (χ0) is 18.6. The van der Waals surface area contributed by atoms with E-state index in [9.17, 15) is 14.7 Å². The van der Waals surface area contributed by atoms with E-state index in [1.807, 2.05) is 38.1 Å². The summed E-state index contributed by atoms with van der Waals surface area (Å²) in [6.07, 6.45) is 1.21. The molecular formula is C20H27NO4. The van der Waals surface area contributed by atoms with Gasteiger partial charge in [0.25, 0.3) is 5.91 Å². The van der Waals surface area contributed by atoms with E-state index >= 15 is 0 Å². The highest BCUT2D eigenvalue weighted by molar-refractivity contribution is 6.09. The van der Waals surface area contributed by atoms with Crippen LogP contribution in [0.4, 0.5) is 0 Å². The van der Waals surface area contributed by atoms with Crippen LogP contribution in [0.2, 0.25) is 0 Å². The zero-order valence-electron chi connectivity index (χ0n) is 15.4. The number of Topliss-reactive ketones (excluding diaryl/α,β-unsaturated/α-hetero) is 1. The second-order valence-electron chi connectivity index (χ2n) is 6.77. The van der Waals surface area contributed by atoms with E-state index in [2.05, 4.69) is 6.92 Å². The summed E-state index contributed by atoms with van der Waals surface area (Å²) >= 11 is 0. The number of ketones is 1. The first-order valence-electron chi connectivity index (χ1n) is 8.75. The molecule has 0 bridgehead atoms. The maximum Gasteiger partial charge on any atom is 0.290 e. The van der Waals surface area contributed by atoms with Crippen molar-refractivity contribution in [3.8, 4) is 0 Å². The number of aliphatic hydroxyl groups excluding tert-OH is 1. The number of ether oxygens (including phenoxy) is 1. The number of aryl methyl sites for hydroxylation is 1. The molecule has 136 valence electrons.